The van der Waals surface area contributed by atoms with Crippen LogP contribution in [0.1, 0.15) is 32.5 Å². The number of hydrogen-bond donors (Lipinski definition) is 1. The Kier molecular flexibility index (Phi) is 3.59. The van der Waals surface area contributed by atoms with Crippen molar-refractivity contribution in [1.82, 2.24) is 14.9 Å². The zero-order chi connectivity index (χ0) is 12.3. The summed E-state index contributed by atoms with van der Waals surface area (Å²) in [6.07, 6.45) is 4.85. The number of likely N-dealkylation sites (N-methyl/N-ethyl adjacent to an activating group) is 1. The Labute approximate surface area is 95.1 Å². The molecule has 0 aliphatic rings. The molecule has 0 radical (unpaired) electrons. The molecule has 1 aromatic rings. The first-order valence-corrected chi connectivity index (χ1v) is 5.09. The average Bonchev–Trinajstić information content (AvgIpc) is 2.28. The van der Waals surface area contributed by atoms with Gasteiger partial charge in [-0.15, -0.1) is 0 Å². The van der Waals surface area contributed by atoms with Crippen LogP contribution in [0.5, 0.6) is 0 Å². The smallest absolute Gasteiger partial charge is 0.323 e. The van der Waals surface area contributed by atoms with E-state index in [1.165, 1.54) is 0 Å². The maximum absolute atomic E-state index is 11.1. The molecular formula is C11H17N3O2. The predicted molar refractivity (Wildman–Crippen MR) is 59.9 cm³/mol. The van der Waals surface area contributed by atoms with Gasteiger partial charge in [0, 0.05) is 18.6 Å². The Hall–Kier alpha value is -1.49. The Morgan fingerprint density at radius 1 is 1.50 bits per heavy atom. The largest absolute Gasteiger partial charge is 0.480 e. The first-order chi connectivity index (χ1) is 7.37. The maximum Gasteiger partial charge on any atom is 0.323 e. The number of carboxylic acid groups (broad SMARTS) is 1. The van der Waals surface area contributed by atoms with Crippen molar-refractivity contribution < 1.29 is 9.90 Å². The fourth-order valence-corrected chi connectivity index (χ4v) is 1.36. The minimum absolute atomic E-state index is 0.0974. The SMILES string of the molecule is CC(c1cnccn1)N(C)C(C)(C)C(=O)O. The predicted octanol–water partition coefficient (Wildman–Crippen LogP) is 1.33. The molecule has 0 spiro atoms. The van der Waals surface area contributed by atoms with Crippen LogP contribution < -0.4 is 0 Å². The van der Waals surface area contributed by atoms with Crippen molar-refractivity contribution in [1.29, 1.82) is 0 Å². The van der Waals surface area contributed by atoms with Crippen molar-refractivity contribution in [2.45, 2.75) is 32.4 Å². The Morgan fingerprint density at radius 2 is 2.12 bits per heavy atom. The molecule has 88 valence electrons. The second kappa shape index (κ2) is 4.57. The van der Waals surface area contributed by atoms with Crippen LogP contribution in [0, 0.1) is 0 Å². The molecule has 0 saturated carbocycles. The third kappa shape index (κ3) is 2.36. The molecule has 5 nitrogen and oxygen atoms in total. The molecule has 1 rings (SSSR count). The molecule has 0 aliphatic heterocycles. The first kappa shape index (κ1) is 12.6. The molecule has 0 bridgehead atoms. The molecule has 0 aromatic carbocycles. The van der Waals surface area contributed by atoms with Gasteiger partial charge in [-0.3, -0.25) is 19.7 Å². The monoisotopic (exact) mass is 223 g/mol. The van der Waals surface area contributed by atoms with Gasteiger partial charge in [0.15, 0.2) is 0 Å². The van der Waals surface area contributed by atoms with Gasteiger partial charge in [-0.25, -0.2) is 0 Å². The number of carboxylic acids is 1. The van der Waals surface area contributed by atoms with E-state index < -0.39 is 11.5 Å². The number of aromatic nitrogens is 2. The van der Waals surface area contributed by atoms with Gasteiger partial charge in [-0.2, -0.15) is 0 Å². The fraction of sp³-hybridized carbons (Fsp3) is 0.545. The average molecular weight is 223 g/mol. The zero-order valence-corrected chi connectivity index (χ0v) is 10.0. The van der Waals surface area contributed by atoms with E-state index >= 15 is 0 Å². The second-order valence-corrected chi connectivity index (χ2v) is 4.28. The molecule has 1 atom stereocenters. The Bertz CT molecular complexity index is 365. The molecule has 0 aliphatic carbocycles. The van der Waals surface area contributed by atoms with Crippen LogP contribution in [0.3, 0.4) is 0 Å². The van der Waals surface area contributed by atoms with Crippen molar-refractivity contribution in [3.05, 3.63) is 24.3 Å². The summed E-state index contributed by atoms with van der Waals surface area (Å²) in [4.78, 5) is 21.0. The number of rotatable bonds is 4. The number of nitrogens with zero attached hydrogens (tertiary/aromatic N) is 3. The molecule has 16 heavy (non-hydrogen) atoms. The molecule has 0 fully saturated rings. The summed E-state index contributed by atoms with van der Waals surface area (Å²) in [6.45, 7) is 5.25. The van der Waals surface area contributed by atoms with Crippen LogP contribution >= 0.6 is 0 Å². The molecule has 1 unspecified atom stereocenters. The molecule has 0 amide bonds. The van der Waals surface area contributed by atoms with Gasteiger partial charge in [0.2, 0.25) is 0 Å². The first-order valence-electron chi connectivity index (χ1n) is 5.09. The minimum Gasteiger partial charge on any atom is -0.480 e. The van der Waals surface area contributed by atoms with Gasteiger partial charge >= 0.3 is 5.97 Å². The Morgan fingerprint density at radius 3 is 2.56 bits per heavy atom. The van der Waals surface area contributed by atoms with E-state index in [0.29, 0.717) is 0 Å². The highest BCUT2D eigenvalue weighted by molar-refractivity contribution is 5.77. The normalized spacial score (nSPS) is 13.8. The second-order valence-electron chi connectivity index (χ2n) is 4.28. The number of carbonyl (C=O) groups is 1. The lowest BCUT2D eigenvalue weighted by Gasteiger charge is -2.35. The van der Waals surface area contributed by atoms with Crippen LogP contribution in [0.4, 0.5) is 0 Å². The van der Waals surface area contributed by atoms with Gasteiger partial charge in [-0.1, -0.05) is 0 Å². The number of hydrogen-bond acceptors (Lipinski definition) is 4. The van der Waals surface area contributed by atoms with Crippen molar-refractivity contribution in [3.63, 3.8) is 0 Å². The summed E-state index contributed by atoms with van der Waals surface area (Å²) in [5.41, 5.74) is -0.170. The van der Waals surface area contributed by atoms with Crippen LogP contribution in [0.25, 0.3) is 0 Å². The number of aliphatic carboxylic acids is 1. The van der Waals surface area contributed by atoms with Gasteiger partial charge in [0.05, 0.1) is 11.7 Å². The molecule has 5 heteroatoms. The Balaban J connectivity index is 2.91. The summed E-state index contributed by atoms with van der Waals surface area (Å²) in [5.74, 6) is -0.856. The fourth-order valence-electron chi connectivity index (χ4n) is 1.36. The van der Waals surface area contributed by atoms with Crippen molar-refractivity contribution in [2.24, 2.45) is 0 Å². The van der Waals surface area contributed by atoms with E-state index in [-0.39, 0.29) is 6.04 Å². The summed E-state index contributed by atoms with van der Waals surface area (Å²) >= 11 is 0. The lowest BCUT2D eigenvalue weighted by Crippen LogP contribution is -2.49. The van der Waals surface area contributed by atoms with Crippen LogP contribution in [-0.2, 0) is 4.79 Å². The van der Waals surface area contributed by atoms with Crippen LogP contribution in [-0.4, -0.2) is 38.5 Å². The van der Waals surface area contributed by atoms with Gasteiger partial charge < -0.3 is 5.11 Å². The van der Waals surface area contributed by atoms with Crippen molar-refractivity contribution in [3.8, 4) is 0 Å². The van der Waals surface area contributed by atoms with Crippen molar-refractivity contribution in [2.75, 3.05) is 7.05 Å². The zero-order valence-electron chi connectivity index (χ0n) is 10.0. The van der Waals surface area contributed by atoms with E-state index in [1.54, 1.807) is 44.4 Å². The van der Waals surface area contributed by atoms with Gasteiger partial charge in [0.1, 0.15) is 5.54 Å². The van der Waals surface area contributed by atoms with E-state index in [2.05, 4.69) is 9.97 Å². The topological polar surface area (TPSA) is 66.3 Å². The lowest BCUT2D eigenvalue weighted by atomic mass is 10.0. The van der Waals surface area contributed by atoms with Gasteiger partial charge in [0.25, 0.3) is 0 Å². The highest BCUT2D eigenvalue weighted by Gasteiger charge is 2.35. The van der Waals surface area contributed by atoms with Crippen molar-refractivity contribution >= 4 is 5.97 Å². The third-order valence-electron chi connectivity index (χ3n) is 3.00. The van der Waals surface area contributed by atoms with E-state index in [4.69, 9.17) is 5.11 Å². The summed E-state index contributed by atoms with van der Waals surface area (Å²) in [6, 6.07) is -0.0974. The molecule has 0 saturated heterocycles. The highest BCUT2D eigenvalue weighted by Crippen LogP contribution is 2.24. The lowest BCUT2D eigenvalue weighted by molar-refractivity contribution is -0.149. The maximum atomic E-state index is 11.1. The standard InChI is InChI=1S/C11H17N3O2/c1-8(9-7-12-5-6-13-9)14(4)11(2,3)10(15)16/h5-8H,1-4H3,(H,15,16). The summed E-state index contributed by atoms with van der Waals surface area (Å²) in [5, 5.41) is 9.13. The molecule has 1 aromatic heterocycles. The van der Waals surface area contributed by atoms with Crippen LogP contribution in [0.2, 0.25) is 0 Å². The van der Waals surface area contributed by atoms with Gasteiger partial charge in [-0.05, 0) is 27.8 Å². The summed E-state index contributed by atoms with van der Waals surface area (Å²) in [7, 11) is 1.77. The molecule has 1 N–H and O–H groups in total. The van der Waals surface area contributed by atoms with Crippen LogP contribution in [0.15, 0.2) is 18.6 Å². The summed E-state index contributed by atoms with van der Waals surface area (Å²) < 4.78 is 0. The van der Waals surface area contributed by atoms with E-state index in [0.717, 1.165) is 5.69 Å². The molecular weight excluding hydrogens is 206 g/mol. The highest BCUT2D eigenvalue weighted by atomic mass is 16.4. The molecule has 1 heterocycles. The quantitative estimate of drug-likeness (QED) is 0.834. The minimum atomic E-state index is -0.934. The van der Waals surface area contributed by atoms with E-state index in [1.807, 2.05) is 6.92 Å². The van der Waals surface area contributed by atoms with E-state index in [9.17, 15) is 4.79 Å². The third-order valence-corrected chi connectivity index (χ3v) is 3.00.